The Kier molecular flexibility index (Phi) is 9.31. The van der Waals surface area contributed by atoms with Crippen LogP contribution in [0.2, 0.25) is 0 Å². The van der Waals surface area contributed by atoms with Gasteiger partial charge in [0, 0.05) is 13.0 Å². The van der Waals surface area contributed by atoms with Gasteiger partial charge in [0.25, 0.3) is 11.1 Å². The van der Waals surface area contributed by atoms with Crippen molar-refractivity contribution in [2.75, 3.05) is 7.05 Å². The van der Waals surface area contributed by atoms with Gasteiger partial charge in [-0.25, -0.2) is 0 Å². The third-order valence-corrected chi connectivity index (χ3v) is 6.68. The molecule has 174 valence electrons. The summed E-state index contributed by atoms with van der Waals surface area (Å²) in [6.45, 7) is 2.21. The summed E-state index contributed by atoms with van der Waals surface area (Å²) in [4.78, 5) is 35.9. The molecule has 3 amide bonds. The lowest BCUT2D eigenvalue weighted by atomic mass is 9.91. The van der Waals surface area contributed by atoms with Crippen LogP contribution in [0, 0.1) is 5.92 Å². The van der Waals surface area contributed by atoms with Crippen molar-refractivity contribution in [3.63, 3.8) is 0 Å². The standard InChI is InChI=1S/C27H32N2O3S/c1-3-4-5-6-7-10-23(25(30)28-2)17-20-9-8-11-22(16-20)21-14-12-19(13-15-21)18-24-26(31)29-27(32)33-24/h8-9,11-16,18,23H,3-7,10,17H2,1-2H3,(H,28,30)(H,29,31,32). The van der Waals surface area contributed by atoms with Crippen LogP contribution >= 0.6 is 11.8 Å². The van der Waals surface area contributed by atoms with Gasteiger partial charge in [-0.15, -0.1) is 0 Å². The number of unbranched alkanes of at least 4 members (excludes halogenated alkanes) is 4. The zero-order chi connectivity index (χ0) is 23.6. The highest BCUT2D eigenvalue weighted by Crippen LogP contribution is 2.27. The van der Waals surface area contributed by atoms with Gasteiger partial charge in [0.05, 0.1) is 4.91 Å². The van der Waals surface area contributed by atoms with E-state index in [-0.39, 0.29) is 23.0 Å². The summed E-state index contributed by atoms with van der Waals surface area (Å²) in [6.07, 6.45) is 9.33. The molecule has 1 fully saturated rings. The normalized spacial score (nSPS) is 15.5. The third-order valence-electron chi connectivity index (χ3n) is 5.87. The van der Waals surface area contributed by atoms with Crippen LogP contribution in [-0.2, 0) is 16.0 Å². The second kappa shape index (κ2) is 12.4. The molecule has 5 nitrogen and oxygen atoms in total. The number of rotatable bonds is 11. The van der Waals surface area contributed by atoms with Gasteiger partial charge in [-0.3, -0.25) is 19.7 Å². The van der Waals surface area contributed by atoms with Gasteiger partial charge in [0.15, 0.2) is 0 Å². The number of thioether (sulfide) groups is 1. The summed E-state index contributed by atoms with van der Waals surface area (Å²) < 4.78 is 0. The molecule has 33 heavy (non-hydrogen) atoms. The fourth-order valence-corrected chi connectivity index (χ4v) is 4.71. The molecule has 3 rings (SSSR count). The van der Waals surface area contributed by atoms with E-state index in [9.17, 15) is 14.4 Å². The van der Waals surface area contributed by atoms with E-state index in [2.05, 4.69) is 35.8 Å². The molecule has 1 aliphatic rings. The SMILES string of the molecule is CCCCCCCC(Cc1cccc(-c2ccc(C=C3SC(=O)NC3=O)cc2)c1)C(=O)NC. The minimum absolute atomic E-state index is 0.0151. The second-order valence-corrected chi connectivity index (χ2v) is 9.41. The molecule has 1 saturated heterocycles. The Balaban J connectivity index is 1.67. The number of carbonyl (C=O) groups is 3. The van der Waals surface area contributed by atoms with Crippen LogP contribution in [0.4, 0.5) is 4.79 Å². The van der Waals surface area contributed by atoms with Gasteiger partial charge >= 0.3 is 0 Å². The molecule has 0 radical (unpaired) electrons. The number of imide groups is 1. The summed E-state index contributed by atoms with van der Waals surface area (Å²) in [5, 5.41) is 4.76. The lowest BCUT2D eigenvalue weighted by molar-refractivity contribution is -0.124. The van der Waals surface area contributed by atoms with Gasteiger partial charge in [-0.1, -0.05) is 87.6 Å². The number of hydrogen-bond donors (Lipinski definition) is 2. The molecule has 2 aromatic rings. The van der Waals surface area contributed by atoms with Crippen LogP contribution in [-0.4, -0.2) is 24.1 Å². The molecule has 2 aromatic carbocycles. The first-order valence-electron chi connectivity index (χ1n) is 11.7. The fourth-order valence-electron chi connectivity index (χ4n) is 4.03. The zero-order valence-electron chi connectivity index (χ0n) is 19.4. The summed E-state index contributed by atoms with van der Waals surface area (Å²) in [5.41, 5.74) is 4.17. The number of carbonyl (C=O) groups excluding carboxylic acids is 3. The lowest BCUT2D eigenvalue weighted by Gasteiger charge is -2.16. The average molecular weight is 465 g/mol. The summed E-state index contributed by atoms with van der Waals surface area (Å²) >= 11 is 0.919. The Morgan fingerprint density at radius 3 is 2.45 bits per heavy atom. The van der Waals surface area contributed by atoms with Crippen molar-refractivity contribution in [3.05, 3.63) is 64.6 Å². The number of benzene rings is 2. The van der Waals surface area contributed by atoms with Gasteiger partial charge in [-0.05, 0) is 52.9 Å². The zero-order valence-corrected chi connectivity index (χ0v) is 20.2. The maximum absolute atomic E-state index is 12.4. The van der Waals surface area contributed by atoms with E-state index < -0.39 is 0 Å². The smallest absolute Gasteiger partial charge is 0.290 e. The van der Waals surface area contributed by atoms with E-state index in [1.54, 1.807) is 13.1 Å². The molecule has 1 atom stereocenters. The van der Waals surface area contributed by atoms with E-state index in [1.165, 1.54) is 25.7 Å². The average Bonchev–Trinajstić information content (AvgIpc) is 3.14. The Morgan fingerprint density at radius 1 is 1.03 bits per heavy atom. The molecule has 1 aliphatic heterocycles. The Morgan fingerprint density at radius 2 is 1.79 bits per heavy atom. The first-order valence-corrected chi connectivity index (χ1v) is 12.5. The van der Waals surface area contributed by atoms with E-state index in [1.807, 2.05) is 30.3 Å². The minimum atomic E-state index is -0.349. The molecule has 0 saturated carbocycles. The van der Waals surface area contributed by atoms with E-state index in [4.69, 9.17) is 0 Å². The Labute approximate surface area is 200 Å². The number of amides is 3. The molecule has 0 aliphatic carbocycles. The topological polar surface area (TPSA) is 75.3 Å². The molecule has 1 heterocycles. The third kappa shape index (κ3) is 7.32. The summed E-state index contributed by atoms with van der Waals surface area (Å²) in [5.74, 6) is -0.253. The molecular weight excluding hydrogens is 432 g/mol. The summed E-state index contributed by atoms with van der Waals surface area (Å²) in [6, 6.07) is 16.2. The van der Waals surface area contributed by atoms with Crippen LogP contribution < -0.4 is 10.6 Å². The van der Waals surface area contributed by atoms with E-state index >= 15 is 0 Å². The highest BCUT2D eigenvalue weighted by atomic mass is 32.2. The molecule has 6 heteroatoms. The first kappa shape index (κ1) is 24.8. The molecule has 1 unspecified atom stereocenters. The quantitative estimate of drug-likeness (QED) is 0.319. The molecule has 0 spiro atoms. The van der Waals surface area contributed by atoms with Crippen LogP contribution in [0.1, 0.15) is 56.6 Å². The second-order valence-electron chi connectivity index (χ2n) is 8.39. The highest BCUT2D eigenvalue weighted by Gasteiger charge is 2.24. The number of nitrogens with one attached hydrogen (secondary N) is 2. The predicted octanol–water partition coefficient (Wildman–Crippen LogP) is 5.94. The molecule has 0 aromatic heterocycles. The van der Waals surface area contributed by atoms with Crippen LogP contribution in [0.3, 0.4) is 0 Å². The maximum atomic E-state index is 12.4. The van der Waals surface area contributed by atoms with Crippen molar-refractivity contribution in [1.29, 1.82) is 0 Å². The van der Waals surface area contributed by atoms with Crippen molar-refractivity contribution in [3.8, 4) is 11.1 Å². The van der Waals surface area contributed by atoms with Gasteiger partial charge in [-0.2, -0.15) is 0 Å². The fraction of sp³-hybridized carbons (Fsp3) is 0.370. The van der Waals surface area contributed by atoms with Crippen molar-refractivity contribution in [2.24, 2.45) is 5.92 Å². The monoisotopic (exact) mass is 464 g/mol. The van der Waals surface area contributed by atoms with Crippen molar-refractivity contribution < 1.29 is 14.4 Å². The van der Waals surface area contributed by atoms with Crippen molar-refractivity contribution >= 4 is 34.9 Å². The molecule has 2 N–H and O–H groups in total. The lowest BCUT2D eigenvalue weighted by Crippen LogP contribution is -2.28. The maximum Gasteiger partial charge on any atom is 0.290 e. The van der Waals surface area contributed by atoms with Gasteiger partial charge in [0.2, 0.25) is 5.91 Å². The predicted molar refractivity (Wildman–Crippen MR) is 136 cm³/mol. The molecule has 0 bridgehead atoms. The highest BCUT2D eigenvalue weighted by molar-refractivity contribution is 8.18. The van der Waals surface area contributed by atoms with Gasteiger partial charge < -0.3 is 5.32 Å². The van der Waals surface area contributed by atoms with Crippen molar-refractivity contribution in [1.82, 2.24) is 10.6 Å². The Bertz CT molecular complexity index is 1010. The number of hydrogen-bond acceptors (Lipinski definition) is 4. The van der Waals surface area contributed by atoms with E-state index in [0.29, 0.717) is 4.91 Å². The van der Waals surface area contributed by atoms with Gasteiger partial charge in [0.1, 0.15) is 0 Å². The summed E-state index contributed by atoms with van der Waals surface area (Å²) in [7, 11) is 1.71. The largest absolute Gasteiger partial charge is 0.359 e. The van der Waals surface area contributed by atoms with Crippen molar-refractivity contribution in [2.45, 2.75) is 51.9 Å². The van der Waals surface area contributed by atoms with Crippen LogP contribution in [0.5, 0.6) is 0 Å². The van der Waals surface area contributed by atoms with Crippen LogP contribution in [0.15, 0.2) is 53.4 Å². The molecular formula is C27H32N2O3S. The van der Waals surface area contributed by atoms with E-state index in [0.717, 1.165) is 53.3 Å². The van der Waals surface area contributed by atoms with Crippen LogP contribution in [0.25, 0.3) is 17.2 Å². The first-order chi connectivity index (χ1) is 16.0. The Hall–Kier alpha value is -2.86. The minimum Gasteiger partial charge on any atom is -0.359 e.